The van der Waals surface area contributed by atoms with Crippen molar-refractivity contribution in [2.75, 3.05) is 6.54 Å². The van der Waals surface area contributed by atoms with Crippen molar-refractivity contribution in [1.29, 1.82) is 5.26 Å². The van der Waals surface area contributed by atoms with Gasteiger partial charge in [-0.2, -0.15) is 5.26 Å². The topological polar surface area (TPSA) is 118 Å². The van der Waals surface area contributed by atoms with Gasteiger partial charge in [-0.1, -0.05) is 24.3 Å². The molecule has 0 saturated heterocycles. The van der Waals surface area contributed by atoms with Gasteiger partial charge in [0, 0.05) is 11.6 Å². The summed E-state index contributed by atoms with van der Waals surface area (Å²) in [6, 6.07) is 13.5. The number of rotatable bonds is 2. The summed E-state index contributed by atoms with van der Waals surface area (Å²) in [7, 11) is 0. The lowest BCUT2D eigenvalue weighted by molar-refractivity contribution is -0.385. The Morgan fingerprint density at radius 3 is 2.74 bits per heavy atom. The van der Waals surface area contributed by atoms with Gasteiger partial charge in [0.05, 0.1) is 34.5 Å². The monoisotopic (exact) mass is 305 g/mol. The third kappa shape index (κ3) is 2.53. The molecule has 0 saturated carbocycles. The van der Waals surface area contributed by atoms with Crippen molar-refractivity contribution < 1.29 is 4.92 Å². The summed E-state index contributed by atoms with van der Waals surface area (Å²) in [5, 5.41) is 20.7. The number of aliphatic imine (C=N–C) groups is 2. The minimum Gasteiger partial charge on any atom is -0.386 e. The third-order valence-electron chi connectivity index (χ3n) is 3.42. The zero-order chi connectivity index (χ0) is 16.4. The summed E-state index contributed by atoms with van der Waals surface area (Å²) >= 11 is 0. The van der Waals surface area contributed by atoms with Crippen molar-refractivity contribution in [3.05, 3.63) is 69.3 Å². The Morgan fingerprint density at radius 1 is 1.22 bits per heavy atom. The summed E-state index contributed by atoms with van der Waals surface area (Å²) < 4.78 is 0. The van der Waals surface area contributed by atoms with E-state index in [1.54, 1.807) is 36.4 Å². The zero-order valence-electron chi connectivity index (χ0n) is 11.9. The van der Waals surface area contributed by atoms with E-state index in [0.29, 0.717) is 22.5 Å². The molecule has 2 aromatic rings. The quantitative estimate of drug-likeness (QED) is 0.676. The van der Waals surface area contributed by atoms with Crippen molar-refractivity contribution in [3.8, 4) is 6.07 Å². The second-order valence-corrected chi connectivity index (χ2v) is 4.85. The molecule has 3 rings (SSSR count). The number of amidine groups is 1. The van der Waals surface area contributed by atoms with Crippen LogP contribution < -0.4 is 5.73 Å². The van der Waals surface area contributed by atoms with Gasteiger partial charge in [-0.25, -0.2) is 4.99 Å². The fourth-order valence-corrected chi connectivity index (χ4v) is 2.45. The molecule has 7 heteroatoms. The van der Waals surface area contributed by atoms with E-state index in [0.717, 1.165) is 0 Å². The molecule has 23 heavy (non-hydrogen) atoms. The van der Waals surface area contributed by atoms with E-state index in [2.05, 4.69) is 16.1 Å². The molecule has 2 aromatic carbocycles. The highest BCUT2D eigenvalue weighted by molar-refractivity contribution is 6.20. The summed E-state index contributed by atoms with van der Waals surface area (Å²) in [5.74, 6) is 0.260. The van der Waals surface area contributed by atoms with Crippen LogP contribution in [0.5, 0.6) is 0 Å². The van der Waals surface area contributed by atoms with Crippen molar-refractivity contribution in [2.45, 2.75) is 0 Å². The lowest BCUT2D eigenvalue weighted by atomic mass is 9.95. The van der Waals surface area contributed by atoms with Crippen molar-refractivity contribution >= 4 is 22.9 Å². The van der Waals surface area contributed by atoms with E-state index < -0.39 is 4.92 Å². The molecule has 0 unspecified atom stereocenters. The van der Waals surface area contributed by atoms with Gasteiger partial charge in [0.15, 0.2) is 0 Å². The Bertz CT molecular complexity index is 909. The van der Waals surface area contributed by atoms with Crippen LogP contribution in [0, 0.1) is 21.4 Å². The lowest BCUT2D eigenvalue weighted by Gasteiger charge is -2.10. The Hall–Kier alpha value is -3.53. The predicted molar refractivity (Wildman–Crippen MR) is 86.0 cm³/mol. The van der Waals surface area contributed by atoms with E-state index >= 15 is 0 Å². The van der Waals surface area contributed by atoms with Crippen LogP contribution in [0.4, 0.5) is 11.4 Å². The van der Waals surface area contributed by atoms with Gasteiger partial charge in [0.2, 0.25) is 0 Å². The Balaban J connectivity index is 2.34. The van der Waals surface area contributed by atoms with Gasteiger partial charge in [0.1, 0.15) is 11.4 Å². The standard InChI is InChI=1S/C16H11N5O2/c17-8-10-4-1-2-5-11(10)16-15-12(20-14(18)9-19-16)6-3-7-13(15)21(22)23/h1-7H,9H2,(H2,18,20). The van der Waals surface area contributed by atoms with E-state index in [-0.39, 0.29) is 23.6 Å². The Kier molecular flexibility index (Phi) is 3.57. The average molecular weight is 305 g/mol. The number of nitrogens with zero attached hydrogens (tertiary/aromatic N) is 4. The van der Waals surface area contributed by atoms with Crippen molar-refractivity contribution in [1.82, 2.24) is 0 Å². The summed E-state index contributed by atoms with van der Waals surface area (Å²) in [4.78, 5) is 19.5. The molecule has 7 nitrogen and oxygen atoms in total. The molecular formula is C16H11N5O2. The number of hydrogen-bond acceptors (Lipinski definition) is 6. The van der Waals surface area contributed by atoms with Crippen LogP contribution in [0.2, 0.25) is 0 Å². The summed E-state index contributed by atoms with van der Waals surface area (Å²) in [6.45, 7) is 0.112. The lowest BCUT2D eigenvalue weighted by Crippen LogP contribution is -2.15. The Labute approximate surface area is 131 Å². The highest BCUT2D eigenvalue weighted by atomic mass is 16.6. The van der Waals surface area contributed by atoms with Crippen LogP contribution in [0.1, 0.15) is 16.7 Å². The largest absolute Gasteiger partial charge is 0.386 e. The average Bonchev–Trinajstić information content (AvgIpc) is 2.72. The fourth-order valence-electron chi connectivity index (χ4n) is 2.45. The molecule has 2 N–H and O–H groups in total. The van der Waals surface area contributed by atoms with E-state index in [4.69, 9.17) is 5.73 Å². The number of hydrogen-bond donors (Lipinski definition) is 1. The number of fused-ring (bicyclic) bond motifs is 1. The van der Waals surface area contributed by atoms with Crippen LogP contribution in [0.25, 0.3) is 0 Å². The summed E-state index contributed by atoms with van der Waals surface area (Å²) in [6.07, 6.45) is 0. The number of nitro groups is 1. The second kappa shape index (κ2) is 5.69. The summed E-state index contributed by atoms with van der Waals surface area (Å²) in [5.41, 5.74) is 7.59. The minimum atomic E-state index is -0.486. The number of benzene rings is 2. The molecular weight excluding hydrogens is 294 g/mol. The first-order valence-electron chi connectivity index (χ1n) is 6.76. The van der Waals surface area contributed by atoms with Gasteiger partial charge < -0.3 is 5.73 Å². The highest BCUT2D eigenvalue weighted by Gasteiger charge is 2.26. The first kappa shape index (κ1) is 14.4. The first-order valence-corrected chi connectivity index (χ1v) is 6.76. The smallest absolute Gasteiger partial charge is 0.280 e. The van der Waals surface area contributed by atoms with Crippen molar-refractivity contribution in [2.24, 2.45) is 15.7 Å². The molecule has 0 aliphatic carbocycles. The number of nitriles is 1. The normalized spacial score (nSPS) is 13.2. The van der Waals surface area contributed by atoms with E-state index in [9.17, 15) is 15.4 Å². The van der Waals surface area contributed by atoms with Crippen LogP contribution in [-0.2, 0) is 0 Å². The zero-order valence-corrected chi connectivity index (χ0v) is 11.9. The third-order valence-corrected chi connectivity index (χ3v) is 3.42. The molecule has 1 heterocycles. The molecule has 1 aliphatic rings. The predicted octanol–water partition coefficient (Wildman–Crippen LogP) is 2.31. The maximum atomic E-state index is 11.4. The number of nitro benzene ring substituents is 1. The molecule has 112 valence electrons. The maximum absolute atomic E-state index is 11.4. The molecule has 0 radical (unpaired) electrons. The molecule has 1 aliphatic heterocycles. The van der Waals surface area contributed by atoms with Gasteiger partial charge in [-0.15, -0.1) is 0 Å². The Morgan fingerprint density at radius 2 is 2.00 bits per heavy atom. The van der Waals surface area contributed by atoms with E-state index in [1.807, 2.05) is 0 Å². The first-order chi connectivity index (χ1) is 11.1. The molecule has 0 bridgehead atoms. The van der Waals surface area contributed by atoms with Gasteiger partial charge in [-0.05, 0) is 12.1 Å². The number of nitrogens with two attached hydrogens (primary N) is 1. The second-order valence-electron chi connectivity index (χ2n) is 4.85. The van der Waals surface area contributed by atoms with Crippen LogP contribution >= 0.6 is 0 Å². The molecule has 0 spiro atoms. The molecule has 0 aromatic heterocycles. The maximum Gasteiger partial charge on any atom is 0.280 e. The SMILES string of the molecule is N#Cc1ccccc1C1=NCC(N)=Nc2cccc([N+](=O)[O-])c21. The highest BCUT2D eigenvalue weighted by Crippen LogP contribution is 2.33. The van der Waals surface area contributed by atoms with Crippen molar-refractivity contribution in [3.63, 3.8) is 0 Å². The fraction of sp³-hybridized carbons (Fsp3) is 0.0625. The van der Waals surface area contributed by atoms with Gasteiger partial charge in [-0.3, -0.25) is 15.1 Å². The molecule has 0 amide bonds. The molecule has 0 fully saturated rings. The molecule has 0 atom stereocenters. The van der Waals surface area contributed by atoms with Crippen LogP contribution in [-0.4, -0.2) is 23.0 Å². The minimum absolute atomic E-state index is 0.112. The van der Waals surface area contributed by atoms with Crippen LogP contribution in [0.15, 0.2) is 52.4 Å². The van der Waals surface area contributed by atoms with E-state index in [1.165, 1.54) is 6.07 Å². The van der Waals surface area contributed by atoms with Gasteiger partial charge in [0.25, 0.3) is 5.69 Å². The van der Waals surface area contributed by atoms with Crippen LogP contribution in [0.3, 0.4) is 0 Å². The van der Waals surface area contributed by atoms with Gasteiger partial charge >= 0.3 is 0 Å².